The number of rotatable bonds is 3. The fraction of sp³-hybridized carbons (Fsp3) is 0.294. The molecule has 0 spiro atoms. The molecule has 0 heteroatoms. The number of allylic oxidation sites excluding steroid dienone is 6. The largest absolute Gasteiger partial charge is 0.0813 e. The lowest BCUT2D eigenvalue weighted by atomic mass is 9.95. The first-order valence-corrected chi connectivity index (χ1v) is 6.50. The Bertz CT molecular complexity index is 455. The number of hydrogen-bond donors (Lipinski definition) is 0. The Labute approximate surface area is 104 Å². The van der Waals surface area contributed by atoms with Crippen molar-refractivity contribution < 1.29 is 0 Å². The third-order valence-corrected chi connectivity index (χ3v) is 3.20. The van der Waals surface area contributed by atoms with Crippen LogP contribution in [0.2, 0.25) is 0 Å². The van der Waals surface area contributed by atoms with Crippen LogP contribution in [0.4, 0.5) is 0 Å². The molecule has 1 aromatic carbocycles. The molecular formula is C17H20. The van der Waals surface area contributed by atoms with Crippen molar-refractivity contribution in [3.63, 3.8) is 0 Å². The average molecular weight is 224 g/mol. The van der Waals surface area contributed by atoms with Gasteiger partial charge in [0, 0.05) is 0 Å². The van der Waals surface area contributed by atoms with Gasteiger partial charge in [0.1, 0.15) is 0 Å². The minimum absolute atomic E-state index is 1.06. The van der Waals surface area contributed by atoms with Crippen LogP contribution in [0.5, 0.6) is 0 Å². The van der Waals surface area contributed by atoms with Crippen LogP contribution in [0, 0.1) is 0 Å². The molecule has 0 saturated heterocycles. The van der Waals surface area contributed by atoms with E-state index in [4.69, 9.17) is 0 Å². The van der Waals surface area contributed by atoms with Crippen molar-refractivity contribution in [3.8, 4) is 0 Å². The van der Waals surface area contributed by atoms with Crippen molar-refractivity contribution in [1.29, 1.82) is 0 Å². The topological polar surface area (TPSA) is 0 Å². The molecule has 0 fully saturated rings. The van der Waals surface area contributed by atoms with Gasteiger partial charge in [0.15, 0.2) is 0 Å². The highest BCUT2D eigenvalue weighted by Crippen LogP contribution is 2.24. The Morgan fingerprint density at radius 1 is 1.06 bits per heavy atom. The first-order chi connectivity index (χ1) is 8.33. The van der Waals surface area contributed by atoms with Crippen molar-refractivity contribution in [2.24, 2.45) is 0 Å². The molecule has 2 rings (SSSR count). The minimum atomic E-state index is 1.06. The van der Waals surface area contributed by atoms with Crippen molar-refractivity contribution in [1.82, 2.24) is 0 Å². The maximum Gasteiger partial charge on any atom is -0.00914 e. The van der Waals surface area contributed by atoms with E-state index in [0.717, 1.165) is 19.3 Å². The molecule has 0 bridgehead atoms. The molecule has 0 nitrogen and oxygen atoms in total. The summed E-state index contributed by atoms with van der Waals surface area (Å²) < 4.78 is 0. The quantitative estimate of drug-likeness (QED) is 0.683. The van der Waals surface area contributed by atoms with E-state index in [1.807, 2.05) is 0 Å². The molecule has 0 atom stereocenters. The normalized spacial score (nSPS) is 17.3. The summed E-state index contributed by atoms with van der Waals surface area (Å²) in [6.07, 6.45) is 12.4. The Kier molecular flexibility index (Phi) is 3.98. The van der Waals surface area contributed by atoms with E-state index >= 15 is 0 Å². The second-order valence-corrected chi connectivity index (χ2v) is 4.43. The molecule has 0 saturated carbocycles. The standard InChI is InChI=1S/C17H20/c1-3-5-15-8-12-17(13-9-15)16-10-6-14(4-2)7-11-16/h5-8,10-13H,3-4,9H2,1-2H3/b15-5+. The van der Waals surface area contributed by atoms with E-state index in [0.29, 0.717) is 0 Å². The fourth-order valence-corrected chi connectivity index (χ4v) is 2.12. The second-order valence-electron chi connectivity index (χ2n) is 4.43. The van der Waals surface area contributed by atoms with Crippen LogP contribution in [0.1, 0.15) is 37.8 Å². The number of hydrogen-bond acceptors (Lipinski definition) is 0. The predicted octanol–water partition coefficient (Wildman–Crippen LogP) is 4.93. The van der Waals surface area contributed by atoms with Crippen LogP contribution in [0.25, 0.3) is 5.57 Å². The maximum absolute atomic E-state index is 2.32. The SMILES string of the molecule is CC/C=C1\C=CC(c2ccc(CC)cc2)=CC1. The van der Waals surface area contributed by atoms with E-state index in [1.165, 1.54) is 22.3 Å². The third-order valence-electron chi connectivity index (χ3n) is 3.20. The van der Waals surface area contributed by atoms with Gasteiger partial charge in [-0.15, -0.1) is 0 Å². The molecule has 0 N–H and O–H groups in total. The van der Waals surface area contributed by atoms with Crippen LogP contribution in [-0.4, -0.2) is 0 Å². The van der Waals surface area contributed by atoms with Gasteiger partial charge in [-0.1, -0.05) is 62.4 Å². The Morgan fingerprint density at radius 3 is 2.35 bits per heavy atom. The molecule has 0 heterocycles. The van der Waals surface area contributed by atoms with Gasteiger partial charge < -0.3 is 0 Å². The van der Waals surface area contributed by atoms with Gasteiger partial charge in [0.25, 0.3) is 0 Å². The molecule has 0 amide bonds. The molecule has 0 radical (unpaired) electrons. The van der Waals surface area contributed by atoms with Gasteiger partial charge in [-0.3, -0.25) is 0 Å². The lowest BCUT2D eigenvalue weighted by molar-refractivity contribution is 1.14. The predicted molar refractivity (Wildman–Crippen MR) is 75.9 cm³/mol. The summed E-state index contributed by atoms with van der Waals surface area (Å²) in [5.41, 5.74) is 5.51. The van der Waals surface area contributed by atoms with E-state index in [-0.39, 0.29) is 0 Å². The Hall–Kier alpha value is -1.56. The van der Waals surface area contributed by atoms with Crippen molar-refractivity contribution in [3.05, 3.63) is 65.3 Å². The highest BCUT2D eigenvalue weighted by molar-refractivity contribution is 5.76. The Balaban J connectivity index is 2.14. The molecular weight excluding hydrogens is 204 g/mol. The molecule has 88 valence electrons. The number of benzene rings is 1. The van der Waals surface area contributed by atoms with Gasteiger partial charge in [-0.25, -0.2) is 0 Å². The average Bonchev–Trinajstić information content (AvgIpc) is 2.40. The minimum Gasteiger partial charge on any atom is -0.0813 e. The monoisotopic (exact) mass is 224 g/mol. The smallest absolute Gasteiger partial charge is 0.00914 e. The molecule has 0 aliphatic heterocycles. The highest BCUT2D eigenvalue weighted by atomic mass is 14.1. The fourth-order valence-electron chi connectivity index (χ4n) is 2.12. The van der Waals surface area contributed by atoms with E-state index < -0.39 is 0 Å². The van der Waals surface area contributed by atoms with Crippen LogP contribution in [-0.2, 0) is 6.42 Å². The summed E-state index contributed by atoms with van der Waals surface area (Å²) in [5, 5.41) is 0. The zero-order valence-corrected chi connectivity index (χ0v) is 10.7. The van der Waals surface area contributed by atoms with Gasteiger partial charge in [-0.2, -0.15) is 0 Å². The second kappa shape index (κ2) is 5.67. The van der Waals surface area contributed by atoms with Gasteiger partial charge in [0.2, 0.25) is 0 Å². The molecule has 0 aromatic heterocycles. The van der Waals surface area contributed by atoms with Crippen molar-refractivity contribution in [2.75, 3.05) is 0 Å². The van der Waals surface area contributed by atoms with Gasteiger partial charge >= 0.3 is 0 Å². The summed E-state index contributed by atoms with van der Waals surface area (Å²) in [6.45, 7) is 4.38. The first kappa shape index (κ1) is 11.9. The third kappa shape index (κ3) is 2.97. The van der Waals surface area contributed by atoms with E-state index in [9.17, 15) is 0 Å². The van der Waals surface area contributed by atoms with Crippen LogP contribution in [0.3, 0.4) is 0 Å². The van der Waals surface area contributed by atoms with Crippen LogP contribution < -0.4 is 0 Å². The molecule has 1 aromatic rings. The summed E-state index contributed by atoms with van der Waals surface area (Å²) in [7, 11) is 0. The van der Waals surface area contributed by atoms with Crippen molar-refractivity contribution >= 4 is 5.57 Å². The Morgan fingerprint density at radius 2 is 1.82 bits per heavy atom. The summed E-state index contributed by atoms with van der Waals surface area (Å²) in [4.78, 5) is 0. The summed E-state index contributed by atoms with van der Waals surface area (Å²) in [6, 6.07) is 8.90. The highest BCUT2D eigenvalue weighted by Gasteiger charge is 2.03. The zero-order valence-electron chi connectivity index (χ0n) is 10.7. The van der Waals surface area contributed by atoms with Crippen LogP contribution >= 0.6 is 0 Å². The lowest BCUT2D eigenvalue weighted by Gasteiger charge is -2.10. The zero-order chi connectivity index (χ0) is 12.1. The molecule has 17 heavy (non-hydrogen) atoms. The lowest BCUT2D eigenvalue weighted by Crippen LogP contribution is -1.89. The summed E-state index contributed by atoms with van der Waals surface area (Å²) >= 11 is 0. The number of aryl methyl sites for hydroxylation is 1. The van der Waals surface area contributed by atoms with E-state index in [1.54, 1.807) is 0 Å². The van der Waals surface area contributed by atoms with Gasteiger partial charge in [-0.05, 0) is 41.5 Å². The maximum atomic E-state index is 2.32. The molecule has 1 aliphatic carbocycles. The van der Waals surface area contributed by atoms with Crippen LogP contribution in [0.15, 0.2) is 54.1 Å². The summed E-state index contributed by atoms with van der Waals surface area (Å²) in [5.74, 6) is 0. The van der Waals surface area contributed by atoms with E-state index in [2.05, 4.69) is 62.4 Å². The first-order valence-electron chi connectivity index (χ1n) is 6.50. The van der Waals surface area contributed by atoms with Crippen molar-refractivity contribution in [2.45, 2.75) is 33.1 Å². The van der Waals surface area contributed by atoms with Gasteiger partial charge in [0.05, 0.1) is 0 Å². The molecule has 0 unspecified atom stereocenters. The molecule has 1 aliphatic rings.